The van der Waals surface area contributed by atoms with Gasteiger partial charge in [-0.1, -0.05) is 42.5 Å². The van der Waals surface area contributed by atoms with Gasteiger partial charge >= 0.3 is 5.00 Å². The number of carbonyl (C=O) groups excluding carboxylic acids is 2. The lowest BCUT2D eigenvalue weighted by atomic mass is 10.1. The number of hydrogen-bond acceptors (Lipinski definition) is 6. The third kappa shape index (κ3) is 4.15. The Balaban J connectivity index is 1.92. The number of hydrogen-bond donors (Lipinski definition) is 2. The van der Waals surface area contributed by atoms with E-state index >= 15 is 0 Å². The highest BCUT2D eigenvalue weighted by Gasteiger charge is 2.24. The van der Waals surface area contributed by atoms with Crippen LogP contribution >= 0.6 is 11.3 Å². The van der Waals surface area contributed by atoms with E-state index < -0.39 is 10.8 Å². The molecule has 0 fully saturated rings. The van der Waals surface area contributed by atoms with Crippen molar-refractivity contribution in [1.82, 2.24) is 4.98 Å². The fourth-order valence-electron chi connectivity index (χ4n) is 2.42. The third-order valence-electron chi connectivity index (χ3n) is 3.53. The molecular weight excluding hydrogens is 368 g/mol. The van der Waals surface area contributed by atoms with Crippen LogP contribution in [-0.2, 0) is 4.79 Å². The molecule has 0 atom stereocenters. The molecule has 0 aliphatic heterocycles. The molecule has 8 nitrogen and oxygen atoms in total. The van der Waals surface area contributed by atoms with E-state index in [0.717, 1.165) is 11.3 Å². The van der Waals surface area contributed by atoms with Crippen molar-refractivity contribution in [2.24, 2.45) is 0 Å². The minimum Gasteiger partial charge on any atom is -0.326 e. The van der Waals surface area contributed by atoms with Gasteiger partial charge in [0.2, 0.25) is 5.91 Å². The molecule has 1 heterocycles. The molecule has 2 aromatic carbocycles. The van der Waals surface area contributed by atoms with Crippen LogP contribution < -0.4 is 10.6 Å². The molecule has 0 bridgehead atoms. The Bertz CT molecular complexity index is 1020. The summed E-state index contributed by atoms with van der Waals surface area (Å²) >= 11 is 0.776. The molecule has 0 radical (unpaired) electrons. The molecule has 9 heteroatoms. The molecule has 0 aliphatic rings. The largest absolute Gasteiger partial charge is 0.353 e. The van der Waals surface area contributed by atoms with Crippen molar-refractivity contribution < 1.29 is 14.5 Å². The molecule has 0 saturated heterocycles. The summed E-state index contributed by atoms with van der Waals surface area (Å²) in [7, 11) is 0. The molecule has 0 unspecified atom stereocenters. The van der Waals surface area contributed by atoms with Crippen molar-refractivity contribution in [3.63, 3.8) is 0 Å². The first kappa shape index (κ1) is 18.2. The Morgan fingerprint density at radius 1 is 1.04 bits per heavy atom. The van der Waals surface area contributed by atoms with Gasteiger partial charge in [0.15, 0.2) is 10.8 Å². The Hall–Kier alpha value is -3.59. The normalized spacial score (nSPS) is 10.3. The number of para-hydroxylation sites is 1. The van der Waals surface area contributed by atoms with Gasteiger partial charge in [-0.3, -0.25) is 25.0 Å². The molecule has 1 aromatic heterocycles. The van der Waals surface area contributed by atoms with Gasteiger partial charge in [-0.2, -0.15) is 0 Å². The summed E-state index contributed by atoms with van der Waals surface area (Å²) in [6, 6.07) is 15.2. The number of carbonyl (C=O) groups is 2. The lowest BCUT2D eigenvalue weighted by Gasteiger charge is -2.08. The predicted octanol–water partition coefficient (Wildman–Crippen LogP) is 3.93. The van der Waals surface area contributed by atoms with Crippen LogP contribution in [0.4, 0.5) is 15.8 Å². The zero-order chi connectivity index (χ0) is 19.4. The van der Waals surface area contributed by atoms with Crippen LogP contribution in [0, 0.1) is 10.1 Å². The number of nitro groups is 1. The molecule has 3 rings (SSSR count). The Labute approximate surface area is 158 Å². The van der Waals surface area contributed by atoms with Gasteiger partial charge in [-0.25, -0.2) is 4.98 Å². The summed E-state index contributed by atoms with van der Waals surface area (Å²) in [5, 5.41) is 16.4. The maximum Gasteiger partial charge on any atom is 0.353 e. The van der Waals surface area contributed by atoms with E-state index in [1.54, 1.807) is 54.6 Å². The second kappa shape index (κ2) is 7.75. The molecule has 0 spiro atoms. The van der Waals surface area contributed by atoms with E-state index in [2.05, 4.69) is 15.6 Å². The fraction of sp³-hybridized carbons (Fsp3) is 0.0556. The smallest absolute Gasteiger partial charge is 0.326 e. The molecule has 2 amide bonds. The van der Waals surface area contributed by atoms with Crippen LogP contribution in [0.2, 0.25) is 0 Å². The number of thiazole rings is 1. The summed E-state index contributed by atoms with van der Waals surface area (Å²) in [5.41, 5.74) is 1.35. The third-order valence-corrected chi connectivity index (χ3v) is 4.45. The fourth-order valence-corrected chi connectivity index (χ4v) is 3.22. The number of amides is 2. The number of nitrogens with one attached hydrogen (secondary N) is 2. The first-order valence-corrected chi connectivity index (χ1v) is 8.66. The monoisotopic (exact) mass is 382 g/mol. The lowest BCUT2D eigenvalue weighted by molar-refractivity contribution is -0.379. The molecule has 136 valence electrons. The summed E-state index contributed by atoms with van der Waals surface area (Å²) in [5.74, 6) is -0.839. The maximum atomic E-state index is 12.6. The van der Waals surface area contributed by atoms with Gasteiger partial charge in [-0.15, -0.1) is 0 Å². The summed E-state index contributed by atoms with van der Waals surface area (Å²) in [6.07, 6.45) is 0. The average Bonchev–Trinajstić information content (AvgIpc) is 3.06. The molecule has 3 aromatic rings. The van der Waals surface area contributed by atoms with Gasteiger partial charge in [0.1, 0.15) is 0 Å². The predicted molar refractivity (Wildman–Crippen MR) is 103 cm³/mol. The topological polar surface area (TPSA) is 114 Å². The molecule has 2 N–H and O–H groups in total. The van der Waals surface area contributed by atoms with Gasteiger partial charge in [0.25, 0.3) is 5.91 Å². The highest BCUT2D eigenvalue weighted by Crippen LogP contribution is 2.37. The quantitative estimate of drug-likeness (QED) is 0.512. The second-order valence-corrected chi connectivity index (χ2v) is 6.45. The number of aromatic nitrogens is 1. The summed E-state index contributed by atoms with van der Waals surface area (Å²) < 4.78 is 0. The van der Waals surface area contributed by atoms with Crippen LogP contribution in [0.1, 0.15) is 17.3 Å². The van der Waals surface area contributed by atoms with Crippen molar-refractivity contribution >= 4 is 39.0 Å². The van der Waals surface area contributed by atoms with Crippen LogP contribution in [0.3, 0.4) is 0 Å². The highest BCUT2D eigenvalue weighted by atomic mass is 32.1. The lowest BCUT2D eigenvalue weighted by Crippen LogP contribution is -2.16. The van der Waals surface area contributed by atoms with E-state index in [4.69, 9.17) is 0 Å². The van der Waals surface area contributed by atoms with E-state index in [9.17, 15) is 19.7 Å². The van der Waals surface area contributed by atoms with Crippen molar-refractivity contribution in [2.45, 2.75) is 6.92 Å². The second-order valence-electron chi connectivity index (χ2n) is 5.48. The van der Waals surface area contributed by atoms with E-state index in [0.29, 0.717) is 11.3 Å². The van der Waals surface area contributed by atoms with Crippen LogP contribution in [0.15, 0.2) is 54.6 Å². The SMILES string of the molecule is CC(=O)Nc1ccccc1C(=O)Nc1nc(-c2ccccc2)c([N+](=O)[O-])s1. The summed E-state index contributed by atoms with van der Waals surface area (Å²) in [4.78, 5) is 38.9. The van der Waals surface area contributed by atoms with Crippen molar-refractivity contribution in [3.05, 3.63) is 70.3 Å². The van der Waals surface area contributed by atoms with Crippen LogP contribution in [0.5, 0.6) is 0 Å². The number of nitrogens with zero attached hydrogens (tertiary/aromatic N) is 2. The highest BCUT2D eigenvalue weighted by molar-refractivity contribution is 7.19. The standard InChI is InChI=1S/C18H14N4O4S/c1-11(23)19-14-10-6-5-9-13(14)16(24)21-18-20-15(17(27-18)22(25)26)12-7-3-2-4-8-12/h2-10H,1H3,(H,19,23)(H,20,21,24). The first-order valence-electron chi connectivity index (χ1n) is 7.84. The van der Waals surface area contributed by atoms with Gasteiger partial charge < -0.3 is 5.32 Å². The average molecular weight is 382 g/mol. The maximum absolute atomic E-state index is 12.6. The minimum atomic E-state index is -0.527. The van der Waals surface area contributed by atoms with Crippen molar-refractivity contribution in [3.8, 4) is 11.3 Å². The van der Waals surface area contributed by atoms with E-state index in [1.165, 1.54) is 6.92 Å². The zero-order valence-corrected chi connectivity index (χ0v) is 14.9. The Morgan fingerprint density at radius 3 is 2.37 bits per heavy atom. The minimum absolute atomic E-state index is 0.100. The number of anilines is 2. The van der Waals surface area contributed by atoms with Gasteiger partial charge in [0.05, 0.1) is 16.2 Å². The van der Waals surface area contributed by atoms with Gasteiger partial charge in [0, 0.05) is 12.5 Å². The van der Waals surface area contributed by atoms with Crippen LogP contribution in [-0.4, -0.2) is 21.7 Å². The molecular formula is C18H14N4O4S. The van der Waals surface area contributed by atoms with Crippen LogP contribution in [0.25, 0.3) is 11.3 Å². The Morgan fingerprint density at radius 2 is 1.70 bits per heavy atom. The Kier molecular flexibility index (Phi) is 5.23. The van der Waals surface area contributed by atoms with E-state index in [1.807, 2.05) is 0 Å². The first-order chi connectivity index (χ1) is 13.0. The number of rotatable bonds is 5. The van der Waals surface area contributed by atoms with Crippen molar-refractivity contribution in [1.29, 1.82) is 0 Å². The van der Waals surface area contributed by atoms with Gasteiger partial charge in [-0.05, 0) is 23.5 Å². The van der Waals surface area contributed by atoms with E-state index in [-0.39, 0.29) is 27.3 Å². The molecule has 0 aliphatic carbocycles. The molecule has 27 heavy (non-hydrogen) atoms. The zero-order valence-electron chi connectivity index (χ0n) is 14.1. The summed E-state index contributed by atoms with van der Waals surface area (Å²) in [6.45, 7) is 1.34. The number of benzene rings is 2. The van der Waals surface area contributed by atoms with Crippen molar-refractivity contribution in [2.75, 3.05) is 10.6 Å². The molecule has 0 saturated carbocycles.